The van der Waals surface area contributed by atoms with Crippen LogP contribution >= 0.6 is 0 Å². The maximum Gasteiger partial charge on any atom is 0.282 e. The highest BCUT2D eigenvalue weighted by molar-refractivity contribution is 6.46. The number of hydrogen-bond donors (Lipinski definition) is 1. The third-order valence-electron chi connectivity index (χ3n) is 5.21. The molecule has 0 aromatic heterocycles. The van der Waals surface area contributed by atoms with Crippen LogP contribution in [-0.4, -0.2) is 18.4 Å². The van der Waals surface area contributed by atoms with Crippen molar-refractivity contribution in [3.63, 3.8) is 0 Å². The van der Waals surface area contributed by atoms with E-state index in [2.05, 4.69) is 5.32 Å². The number of hydrogen-bond acceptors (Lipinski definition) is 4. The minimum absolute atomic E-state index is 0.260. The Morgan fingerprint density at radius 2 is 1.58 bits per heavy atom. The number of amides is 2. The second-order valence-corrected chi connectivity index (χ2v) is 7.41. The maximum absolute atomic E-state index is 13.6. The Balaban J connectivity index is 1.85. The average Bonchev–Trinajstić information content (AvgIpc) is 3.01. The highest BCUT2D eigenvalue weighted by Crippen LogP contribution is 2.38. The highest BCUT2D eigenvalue weighted by Gasteiger charge is 2.41. The summed E-state index contributed by atoms with van der Waals surface area (Å²) in [6, 6.07) is 22.3. The molecular formula is C26H24N2O3. The van der Waals surface area contributed by atoms with Crippen LogP contribution in [0.5, 0.6) is 5.75 Å². The largest absolute Gasteiger partial charge is 0.492 e. The number of nitrogens with zero attached hydrogens (tertiary/aromatic N) is 1. The van der Waals surface area contributed by atoms with Crippen molar-refractivity contribution in [3.8, 4) is 5.75 Å². The molecule has 156 valence electrons. The van der Waals surface area contributed by atoms with Gasteiger partial charge < -0.3 is 10.1 Å². The minimum atomic E-state index is -0.406. The van der Waals surface area contributed by atoms with E-state index in [1.54, 1.807) is 18.2 Å². The van der Waals surface area contributed by atoms with Crippen LogP contribution < -0.4 is 15.0 Å². The predicted octanol–water partition coefficient (Wildman–Crippen LogP) is 5.10. The van der Waals surface area contributed by atoms with Crippen LogP contribution in [0, 0.1) is 13.8 Å². The number of rotatable bonds is 6. The van der Waals surface area contributed by atoms with Gasteiger partial charge >= 0.3 is 0 Å². The first-order chi connectivity index (χ1) is 15.0. The summed E-state index contributed by atoms with van der Waals surface area (Å²) in [5.41, 5.74) is 4.57. The molecule has 3 aromatic carbocycles. The minimum Gasteiger partial charge on any atom is -0.492 e. The second kappa shape index (κ2) is 8.48. The van der Waals surface area contributed by atoms with Crippen molar-refractivity contribution in [2.24, 2.45) is 0 Å². The van der Waals surface area contributed by atoms with Gasteiger partial charge in [0.05, 0.1) is 17.9 Å². The number of nitrogens with one attached hydrogen (secondary N) is 1. The number of aryl methyl sites for hydroxylation is 2. The Morgan fingerprint density at radius 3 is 2.32 bits per heavy atom. The fraction of sp³-hybridized carbons (Fsp3) is 0.154. The molecule has 0 radical (unpaired) electrons. The first kappa shape index (κ1) is 20.4. The average molecular weight is 412 g/mol. The van der Waals surface area contributed by atoms with Crippen LogP contribution in [-0.2, 0) is 9.59 Å². The molecule has 0 saturated carbocycles. The Bertz CT molecular complexity index is 1180. The van der Waals surface area contributed by atoms with E-state index in [4.69, 9.17) is 4.74 Å². The van der Waals surface area contributed by atoms with Gasteiger partial charge in [0.1, 0.15) is 11.4 Å². The van der Waals surface area contributed by atoms with Crippen LogP contribution in [0.2, 0.25) is 0 Å². The number of ether oxygens (including phenoxy) is 1. The van der Waals surface area contributed by atoms with Gasteiger partial charge in [-0.1, -0.05) is 54.6 Å². The Morgan fingerprint density at radius 1 is 0.871 bits per heavy atom. The first-order valence-corrected chi connectivity index (χ1v) is 10.3. The van der Waals surface area contributed by atoms with Gasteiger partial charge in [-0.15, -0.1) is 0 Å². The van der Waals surface area contributed by atoms with Crippen LogP contribution in [0.4, 0.5) is 11.4 Å². The van der Waals surface area contributed by atoms with Gasteiger partial charge in [0.25, 0.3) is 11.8 Å². The zero-order valence-electron chi connectivity index (χ0n) is 17.8. The summed E-state index contributed by atoms with van der Waals surface area (Å²) in [6.07, 6.45) is 0. The molecule has 0 unspecified atom stereocenters. The normalized spacial score (nSPS) is 13.7. The standard InChI is InChI=1S/C26H24N2O3/c1-4-31-22-13-9-8-12-21(22)28-25(29)23(19-10-6-5-7-11-19)24(26(28)30)27-20-16-17(2)14-15-18(20)3/h5-16,27H,4H2,1-3H3. The van der Waals surface area contributed by atoms with E-state index in [9.17, 15) is 9.59 Å². The zero-order valence-corrected chi connectivity index (χ0v) is 17.8. The van der Waals surface area contributed by atoms with Gasteiger partial charge in [0.2, 0.25) is 0 Å². The molecule has 0 spiro atoms. The number of carbonyl (C=O) groups is 2. The van der Waals surface area contributed by atoms with E-state index in [0.717, 1.165) is 16.8 Å². The van der Waals surface area contributed by atoms with E-state index in [-0.39, 0.29) is 11.6 Å². The summed E-state index contributed by atoms with van der Waals surface area (Å²) in [7, 11) is 0. The maximum atomic E-state index is 13.6. The number of anilines is 2. The topological polar surface area (TPSA) is 58.6 Å². The molecule has 2 amide bonds. The van der Waals surface area contributed by atoms with Crippen molar-refractivity contribution >= 4 is 28.8 Å². The Labute approximate surface area is 182 Å². The molecule has 1 heterocycles. The van der Waals surface area contributed by atoms with Crippen LogP contribution in [0.15, 0.2) is 78.5 Å². The Hall–Kier alpha value is -3.86. The van der Waals surface area contributed by atoms with Crippen molar-refractivity contribution in [1.29, 1.82) is 0 Å². The molecule has 0 saturated heterocycles. The number of para-hydroxylation sites is 2. The molecule has 0 fully saturated rings. The molecule has 5 nitrogen and oxygen atoms in total. The van der Waals surface area contributed by atoms with Crippen LogP contribution in [0.25, 0.3) is 5.57 Å². The molecule has 0 bridgehead atoms. The summed E-state index contributed by atoms with van der Waals surface area (Å²) in [5, 5.41) is 3.26. The number of imide groups is 1. The SMILES string of the molecule is CCOc1ccccc1N1C(=O)C(Nc2cc(C)ccc2C)=C(c2ccccc2)C1=O. The van der Waals surface area contributed by atoms with Gasteiger partial charge in [-0.25, -0.2) is 4.90 Å². The van der Waals surface area contributed by atoms with Crippen LogP contribution in [0.3, 0.4) is 0 Å². The van der Waals surface area contributed by atoms with E-state index in [1.807, 2.05) is 75.4 Å². The molecule has 3 aromatic rings. The fourth-order valence-corrected chi connectivity index (χ4v) is 3.66. The van der Waals surface area contributed by atoms with E-state index in [0.29, 0.717) is 29.2 Å². The fourth-order valence-electron chi connectivity index (χ4n) is 3.66. The van der Waals surface area contributed by atoms with Crippen molar-refractivity contribution in [2.45, 2.75) is 20.8 Å². The number of carbonyl (C=O) groups excluding carboxylic acids is 2. The lowest BCUT2D eigenvalue weighted by Crippen LogP contribution is -2.32. The summed E-state index contributed by atoms with van der Waals surface area (Å²) in [4.78, 5) is 28.4. The van der Waals surface area contributed by atoms with Gasteiger partial charge in [-0.2, -0.15) is 0 Å². The molecule has 0 atom stereocenters. The van der Waals surface area contributed by atoms with E-state index >= 15 is 0 Å². The van der Waals surface area contributed by atoms with Crippen molar-refractivity contribution in [2.75, 3.05) is 16.8 Å². The quantitative estimate of drug-likeness (QED) is 0.573. The Kier molecular flexibility index (Phi) is 5.58. The van der Waals surface area contributed by atoms with E-state index < -0.39 is 5.91 Å². The van der Waals surface area contributed by atoms with Gasteiger partial charge in [-0.05, 0) is 55.7 Å². The first-order valence-electron chi connectivity index (χ1n) is 10.3. The van der Waals surface area contributed by atoms with Gasteiger partial charge in [-0.3, -0.25) is 9.59 Å². The van der Waals surface area contributed by atoms with Crippen LogP contribution in [0.1, 0.15) is 23.6 Å². The van der Waals surface area contributed by atoms with Gasteiger partial charge in [0.15, 0.2) is 0 Å². The molecule has 1 N–H and O–H groups in total. The lowest BCUT2D eigenvalue weighted by Gasteiger charge is -2.19. The summed E-state index contributed by atoms with van der Waals surface area (Å²) in [5.74, 6) is -0.292. The smallest absolute Gasteiger partial charge is 0.282 e. The molecule has 31 heavy (non-hydrogen) atoms. The lowest BCUT2D eigenvalue weighted by molar-refractivity contribution is -0.120. The summed E-state index contributed by atoms with van der Waals surface area (Å²) >= 11 is 0. The lowest BCUT2D eigenvalue weighted by atomic mass is 10.0. The predicted molar refractivity (Wildman–Crippen MR) is 123 cm³/mol. The van der Waals surface area contributed by atoms with Crippen molar-refractivity contribution in [3.05, 3.63) is 95.2 Å². The van der Waals surface area contributed by atoms with Crippen molar-refractivity contribution < 1.29 is 14.3 Å². The zero-order chi connectivity index (χ0) is 22.0. The molecule has 4 rings (SSSR count). The number of benzene rings is 3. The van der Waals surface area contributed by atoms with Crippen molar-refractivity contribution in [1.82, 2.24) is 0 Å². The third-order valence-corrected chi connectivity index (χ3v) is 5.21. The molecule has 1 aliphatic heterocycles. The van der Waals surface area contributed by atoms with E-state index in [1.165, 1.54) is 4.90 Å². The summed E-state index contributed by atoms with van der Waals surface area (Å²) < 4.78 is 5.69. The monoisotopic (exact) mass is 412 g/mol. The summed E-state index contributed by atoms with van der Waals surface area (Å²) in [6.45, 7) is 6.25. The van der Waals surface area contributed by atoms with Gasteiger partial charge in [0, 0.05) is 5.69 Å². The molecule has 5 heteroatoms. The molecule has 1 aliphatic rings. The third kappa shape index (κ3) is 3.82. The molecule has 0 aliphatic carbocycles. The highest BCUT2D eigenvalue weighted by atomic mass is 16.5. The molecular weight excluding hydrogens is 388 g/mol. The second-order valence-electron chi connectivity index (χ2n) is 7.41.